The molecule has 0 unspecified atom stereocenters. The highest BCUT2D eigenvalue weighted by atomic mass is 32.2. The molecular weight excluding hydrogens is 194 g/mol. The number of hydrogen-bond acceptors (Lipinski definition) is 6. The van der Waals surface area contributed by atoms with Gasteiger partial charge in [-0.2, -0.15) is 4.98 Å². The summed E-state index contributed by atoms with van der Waals surface area (Å²) in [4.78, 5) is 3.81. The number of sulfone groups is 1. The first kappa shape index (κ1) is 10.1. The van der Waals surface area contributed by atoms with Crippen LogP contribution in [0.15, 0.2) is 4.52 Å². The largest absolute Gasteiger partial charge is 0.338 e. The van der Waals surface area contributed by atoms with Crippen LogP contribution in [0.4, 0.5) is 0 Å². The fourth-order valence-corrected chi connectivity index (χ4v) is 1.33. The second-order valence-electron chi connectivity index (χ2n) is 2.91. The van der Waals surface area contributed by atoms with E-state index in [0.29, 0.717) is 0 Å². The summed E-state index contributed by atoms with van der Waals surface area (Å²) in [6, 6.07) is -0.374. The Kier molecular flexibility index (Phi) is 2.67. The maximum Gasteiger partial charge on any atom is 0.243 e. The van der Waals surface area contributed by atoms with Gasteiger partial charge in [0, 0.05) is 6.26 Å². The van der Waals surface area contributed by atoms with Gasteiger partial charge in [-0.1, -0.05) is 5.16 Å². The van der Waals surface area contributed by atoms with Crippen LogP contribution in [0, 0.1) is 0 Å². The van der Waals surface area contributed by atoms with Gasteiger partial charge in [0.2, 0.25) is 5.89 Å². The Balaban J connectivity index is 2.81. The lowest BCUT2D eigenvalue weighted by Gasteiger charge is -1.93. The quantitative estimate of drug-likeness (QED) is 0.723. The minimum atomic E-state index is -3.12. The maximum absolute atomic E-state index is 10.8. The summed E-state index contributed by atoms with van der Waals surface area (Å²) >= 11 is 0. The monoisotopic (exact) mass is 205 g/mol. The highest BCUT2D eigenvalue weighted by Gasteiger charge is 2.13. The number of hydrogen-bond donors (Lipinski definition) is 1. The van der Waals surface area contributed by atoms with Crippen molar-refractivity contribution in [1.29, 1.82) is 0 Å². The summed E-state index contributed by atoms with van der Waals surface area (Å²) in [7, 11) is -3.12. The van der Waals surface area contributed by atoms with Crippen molar-refractivity contribution in [3.63, 3.8) is 0 Å². The fourth-order valence-electron chi connectivity index (χ4n) is 0.746. The van der Waals surface area contributed by atoms with Crippen molar-refractivity contribution in [3.8, 4) is 0 Å². The summed E-state index contributed by atoms with van der Waals surface area (Å²) < 4.78 is 26.4. The van der Waals surface area contributed by atoms with Gasteiger partial charge >= 0.3 is 0 Å². The molecule has 2 N–H and O–H groups in total. The molecule has 0 aliphatic carbocycles. The standard InChI is InChI=1S/C6H11N3O3S/c1-4(7)6-8-5(9-12-6)3-13(2,10)11/h4H,3,7H2,1-2H3/t4-/m1/s1. The average Bonchev–Trinajstić information content (AvgIpc) is 2.31. The van der Waals surface area contributed by atoms with Crippen molar-refractivity contribution in [2.75, 3.05) is 6.26 Å². The van der Waals surface area contributed by atoms with E-state index in [9.17, 15) is 8.42 Å². The lowest BCUT2D eigenvalue weighted by Crippen LogP contribution is -2.06. The lowest BCUT2D eigenvalue weighted by atomic mass is 10.4. The summed E-state index contributed by atoms with van der Waals surface area (Å²) in [5, 5.41) is 3.48. The Hall–Kier alpha value is -0.950. The molecule has 0 aliphatic rings. The number of rotatable bonds is 3. The molecule has 1 aromatic rings. The summed E-state index contributed by atoms with van der Waals surface area (Å²) in [6.07, 6.45) is 1.11. The van der Waals surface area contributed by atoms with E-state index in [1.807, 2.05) is 0 Å². The predicted molar refractivity (Wildman–Crippen MR) is 45.4 cm³/mol. The molecule has 0 saturated heterocycles. The van der Waals surface area contributed by atoms with E-state index in [2.05, 4.69) is 10.1 Å². The first-order valence-electron chi connectivity index (χ1n) is 3.64. The molecule has 6 nitrogen and oxygen atoms in total. The first-order chi connectivity index (χ1) is 5.88. The Bertz CT molecular complexity index is 382. The van der Waals surface area contributed by atoms with Crippen LogP contribution in [0.2, 0.25) is 0 Å². The van der Waals surface area contributed by atoms with Gasteiger partial charge in [0.1, 0.15) is 5.75 Å². The fraction of sp³-hybridized carbons (Fsp3) is 0.667. The van der Waals surface area contributed by atoms with Crippen molar-refractivity contribution < 1.29 is 12.9 Å². The van der Waals surface area contributed by atoms with Gasteiger partial charge in [-0.05, 0) is 6.92 Å². The average molecular weight is 205 g/mol. The Morgan fingerprint density at radius 3 is 2.62 bits per heavy atom. The lowest BCUT2D eigenvalue weighted by molar-refractivity contribution is 0.358. The molecule has 0 amide bonds. The van der Waals surface area contributed by atoms with Crippen LogP contribution in [0.25, 0.3) is 0 Å². The Morgan fingerprint density at radius 2 is 2.23 bits per heavy atom. The highest BCUT2D eigenvalue weighted by molar-refractivity contribution is 7.89. The molecule has 1 rings (SSSR count). The van der Waals surface area contributed by atoms with E-state index in [-0.39, 0.29) is 23.5 Å². The smallest absolute Gasteiger partial charge is 0.243 e. The van der Waals surface area contributed by atoms with Gasteiger partial charge in [-0.3, -0.25) is 0 Å². The number of aromatic nitrogens is 2. The zero-order valence-electron chi connectivity index (χ0n) is 7.39. The zero-order chi connectivity index (χ0) is 10.1. The van der Waals surface area contributed by atoms with E-state index < -0.39 is 9.84 Å². The molecule has 1 heterocycles. The van der Waals surface area contributed by atoms with Gasteiger partial charge in [0.05, 0.1) is 6.04 Å². The molecule has 74 valence electrons. The third-order valence-corrected chi connectivity index (χ3v) is 2.05. The van der Waals surface area contributed by atoms with E-state index in [1.165, 1.54) is 0 Å². The number of nitrogens with zero attached hydrogens (tertiary/aromatic N) is 2. The molecular formula is C6H11N3O3S. The molecule has 13 heavy (non-hydrogen) atoms. The summed E-state index contributed by atoms with van der Waals surface area (Å²) in [6.45, 7) is 1.68. The van der Waals surface area contributed by atoms with Crippen LogP contribution in [0.5, 0.6) is 0 Å². The second kappa shape index (κ2) is 3.43. The first-order valence-corrected chi connectivity index (χ1v) is 5.70. The Labute approximate surface area is 76.0 Å². The zero-order valence-corrected chi connectivity index (χ0v) is 8.21. The van der Waals surface area contributed by atoms with E-state index >= 15 is 0 Å². The molecule has 0 aliphatic heterocycles. The molecule has 0 saturated carbocycles. The summed E-state index contributed by atoms with van der Waals surface area (Å²) in [5.41, 5.74) is 5.45. The SMILES string of the molecule is C[C@@H](N)c1nc(CS(C)(=O)=O)no1. The number of nitrogens with two attached hydrogens (primary N) is 1. The van der Waals surface area contributed by atoms with Gasteiger partial charge in [0.15, 0.2) is 15.7 Å². The van der Waals surface area contributed by atoms with Crippen LogP contribution in [-0.2, 0) is 15.6 Å². The van der Waals surface area contributed by atoms with Crippen LogP contribution >= 0.6 is 0 Å². The Morgan fingerprint density at radius 1 is 1.62 bits per heavy atom. The molecule has 0 fully saturated rings. The van der Waals surface area contributed by atoms with Crippen molar-refractivity contribution in [1.82, 2.24) is 10.1 Å². The molecule has 1 aromatic heterocycles. The van der Waals surface area contributed by atoms with E-state index in [0.717, 1.165) is 6.26 Å². The second-order valence-corrected chi connectivity index (χ2v) is 5.05. The molecule has 0 aromatic carbocycles. The van der Waals surface area contributed by atoms with E-state index in [4.69, 9.17) is 10.3 Å². The van der Waals surface area contributed by atoms with Crippen molar-refractivity contribution in [2.24, 2.45) is 5.73 Å². The molecule has 0 bridgehead atoms. The van der Waals surface area contributed by atoms with Crippen molar-refractivity contribution in [2.45, 2.75) is 18.7 Å². The van der Waals surface area contributed by atoms with Gasteiger partial charge in [-0.15, -0.1) is 0 Å². The highest BCUT2D eigenvalue weighted by Crippen LogP contribution is 2.07. The van der Waals surface area contributed by atoms with Crippen LogP contribution in [-0.4, -0.2) is 24.8 Å². The minimum Gasteiger partial charge on any atom is -0.338 e. The van der Waals surface area contributed by atoms with Crippen LogP contribution in [0.1, 0.15) is 24.7 Å². The van der Waals surface area contributed by atoms with Gasteiger partial charge < -0.3 is 10.3 Å². The maximum atomic E-state index is 10.8. The summed E-state index contributed by atoms with van der Waals surface area (Å²) in [5.74, 6) is 0.178. The van der Waals surface area contributed by atoms with Crippen molar-refractivity contribution in [3.05, 3.63) is 11.7 Å². The normalized spacial score (nSPS) is 14.4. The van der Waals surface area contributed by atoms with Gasteiger partial charge in [-0.25, -0.2) is 8.42 Å². The molecule has 1 atom stereocenters. The predicted octanol–water partition coefficient (Wildman–Crippen LogP) is -0.366. The topological polar surface area (TPSA) is 99.1 Å². The molecule has 0 spiro atoms. The van der Waals surface area contributed by atoms with E-state index in [1.54, 1.807) is 6.92 Å². The van der Waals surface area contributed by atoms with Gasteiger partial charge in [0.25, 0.3) is 0 Å². The molecule has 0 radical (unpaired) electrons. The molecule has 7 heteroatoms. The van der Waals surface area contributed by atoms with Crippen LogP contribution < -0.4 is 5.73 Å². The van der Waals surface area contributed by atoms with Crippen LogP contribution in [0.3, 0.4) is 0 Å². The third kappa shape index (κ3) is 3.11. The third-order valence-electron chi connectivity index (χ3n) is 1.26. The van der Waals surface area contributed by atoms with Crippen molar-refractivity contribution >= 4 is 9.84 Å². The minimum absolute atomic E-state index is 0.148.